The molecule has 2 N–H and O–H groups in total. The van der Waals surface area contributed by atoms with E-state index in [1.54, 1.807) is 6.20 Å². The molecule has 0 aliphatic heterocycles. The number of benzene rings is 2. The number of fused-ring (bicyclic) bond motifs is 1. The Morgan fingerprint density at radius 2 is 2.00 bits per heavy atom. The van der Waals surface area contributed by atoms with Crippen LogP contribution in [0.4, 0.5) is 5.69 Å². The molecule has 2 aromatic carbocycles. The van der Waals surface area contributed by atoms with Crippen LogP contribution in [0.15, 0.2) is 65.5 Å². The quantitative estimate of drug-likeness (QED) is 0.607. The molecule has 2 aromatic heterocycles. The maximum Gasteiger partial charge on any atom is 0.278 e. The van der Waals surface area contributed by atoms with Crippen molar-refractivity contribution in [2.45, 2.75) is 0 Å². The molecule has 0 atom stereocenters. The molecule has 4 rings (SSSR count). The molecular formula is C17H12N4O2. The first-order valence-corrected chi connectivity index (χ1v) is 7.04. The van der Waals surface area contributed by atoms with Crippen molar-refractivity contribution in [1.29, 1.82) is 0 Å². The largest absolute Gasteiger partial charge is 0.443 e. The van der Waals surface area contributed by atoms with Crippen molar-refractivity contribution in [2.24, 2.45) is 0 Å². The smallest absolute Gasteiger partial charge is 0.278 e. The average Bonchev–Trinajstić information content (AvgIpc) is 3.24. The predicted molar refractivity (Wildman–Crippen MR) is 86.0 cm³/mol. The number of aromatic amines is 1. The van der Waals surface area contributed by atoms with Crippen LogP contribution < -0.4 is 5.32 Å². The van der Waals surface area contributed by atoms with Crippen LogP contribution in [0.2, 0.25) is 0 Å². The molecule has 0 saturated heterocycles. The summed E-state index contributed by atoms with van der Waals surface area (Å²) in [5, 5.41) is 10.6. The number of rotatable bonds is 3. The lowest BCUT2D eigenvalue weighted by atomic mass is 10.1. The highest BCUT2D eigenvalue weighted by Crippen LogP contribution is 2.24. The number of amides is 1. The first-order valence-electron chi connectivity index (χ1n) is 7.04. The van der Waals surface area contributed by atoms with Crippen LogP contribution in [-0.4, -0.2) is 21.1 Å². The third kappa shape index (κ3) is 2.46. The summed E-state index contributed by atoms with van der Waals surface area (Å²) >= 11 is 0. The minimum Gasteiger partial charge on any atom is -0.443 e. The van der Waals surface area contributed by atoms with Crippen molar-refractivity contribution in [3.8, 4) is 11.3 Å². The van der Waals surface area contributed by atoms with Crippen LogP contribution in [0, 0.1) is 0 Å². The van der Waals surface area contributed by atoms with Gasteiger partial charge in [0.05, 0.1) is 11.7 Å². The van der Waals surface area contributed by atoms with E-state index in [1.807, 2.05) is 48.5 Å². The first-order chi connectivity index (χ1) is 11.3. The summed E-state index contributed by atoms with van der Waals surface area (Å²) in [6.45, 7) is 0. The number of carbonyl (C=O) groups is 1. The second-order valence-corrected chi connectivity index (χ2v) is 5.02. The lowest BCUT2D eigenvalue weighted by Gasteiger charge is -2.05. The Kier molecular flexibility index (Phi) is 3.12. The van der Waals surface area contributed by atoms with E-state index in [-0.39, 0.29) is 11.6 Å². The molecule has 0 spiro atoms. The monoisotopic (exact) mass is 304 g/mol. The summed E-state index contributed by atoms with van der Waals surface area (Å²) in [7, 11) is 0. The first kappa shape index (κ1) is 13.3. The topological polar surface area (TPSA) is 83.8 Å². The Morgan fingerprint density at radius 3 is 2.87 bits per heavy atom. The molecule has 0 saturated carbocycles. The minimum absolute atomic E-state index is 0.251. The molecule has 0 aliphatic rings. The number of H-pyrrole nitrogens is 1. The molecule has 6 nitrogen and oxygen atoms in total. The Hall–Kier alpha value is -3.41. The third-order valence-corrected chi connectivity index (χ3v) is 3.52. The van der Waals surface area contributed by atoms with Crippen molar-refractivity contribution < 1.29 is 9.21 Å². The molecule has 23 heavy (non-hydrogen) atoms. The average molecular weight is 304 g/mol. The van der Waals surface area contributed by atoms with E-state index in [9.17, 15) is 4.79 Å². The highest BCUT2D eigenvalue weighted by Gasteiger charge is 2.18. The molecule has 0 aliphatic carbocycles. The fourth-order valence-electron chi connectivity index (χ4n) is 2.41. The molecule has 112 valence electrons. The van der Waals surface area contributed by atoms with Crippen molar-refractivity contribution in [3.63, 3.8) is 0 Å². The van der Waals surface area contributed by atoms with Gasteiger partial charge in [0.2, 0.25) is 0 Å². The Balaban J connectivity index is 1.64. The van der Waals surface area contributed by atoms with E-state index < -0.39 is 0 Å². The van der Waals surface area contributed by atoms with E-state index in [0.717, 1.165) is 16.5 Å². The number of nitrogens with one attached hydrogen (secondary N) is 2. The molecule has 0 radical (unpaired) electrons. The van der Waals surface area contributed by atoms with Gasteiger partial charge in [-0.25, -0.2) is 4.98 Å². The Labute approximate surface area is 131 Å². The maximum atomic E-state index is 12.5. The van der Waals surface area contributed by atoms with Gasteiger partial charge in [-0.3, -0.25) is 9.89 Å². The van der Waals surface area contributed by atoms with Crippen molar-refractivity contribution >= 4 is 22.5 Å². The lowest BCUT2D eigenvalue weighted by molar-refractivity contribution is 0.102. The van der Waals surface area contributed by atoms with Gasteiger partial charge in [0, 0.05) is 16.6 Å². The maximum absolute atomic E-state index is 12.5. The number of hydrogen-bond donors (Lipinski definition) is 2. The second-order valence-electron chi connectivity index (χ2n) is 5.02. The second kappa shape index (κ2) is 5.42. The van der Waals surface area contributed by atoms with Crippen molar-refractivity contribution in [3.05, 3.63) is 66.8 Å². The van der Waals surface area contributed by atoms with Crippen LogP contribution in [0.3, 0.4) is 0 Å². The summed E-state index contributed by atoms with van der Waals surface area (Å²) in [6, 6.07) is 14.9. The molecule has 1 amide bonds. The van der Waals surface area contributed by atoms with Crippen LogP contribution in [0.25, 0.3) is 22.2 Å². The Morgan fingerprint density at radius 1 is 1.13 bits per heavy atom. The van der Waals surface area contributed by atoms with Gasteiger partial charge in [-0.2, -0.15) is 5.10 Å². The number of aromatic nitrogens is 3. The highest BCUT2D eigenvalue weighted by molar-refractivity contribution is 6.07. The zero-order chi connectivity index (χ0) is 15.6. The number of anilines is 1. The van der Waals surface area contributed by atoms with Crippen LogP contribution in [0.5, 0.6) is 0 Å². The summed E-state index contributed by atoms with van der Waals surface area (Å²) in [6.07, 6.45) is 3.00. The van der Waals surface area contributed by atoms with Gasteiger partial charge in [-0.05, 0) is 18.2 Å². The van der Waals surface area contributed by atoms with Crippen LogP contribution in [-0.2, 0) is 0 Å². The summed E-state index contributed by atoms with van der Waals surface area (Å²) < 4.78 is 5.38. The van der Waals surface area contributed by atoms with Gasteiger partial charge < -0.3 is 9.73 Å². The number of hydrogen-bond acceptors (Lipinski definition) is 4. The Bertz CT molecular complexity index is 972. The fraction of sp³-hybridized carbons (Fsp3) is 0. The van der Waals surface area contributed by atoms with Crippen LogP contribution in [0.1, 0.15) is 10.5 Å². The third-order valence-electron chi connectivity index (χ3n) is 3.52. The van der Waals surface area contributed by atoms with Crippen molar-refractivity contribution in [2.75, 3.05) is 5.32 Å². The standard InChI is InChI=1S/C17H12N4O2/c22-17(20-13-7-6-12-9-19-21-14(12)8-13)15-16(23-10-18-15)11-4-2-1-3-5-11/h1-10H,(H,19,21)(H,20,22). The highest BCUT2D eigenvalue weighted by atomic mass is 16.3. The summed E-state index contributed by atoms with van der Waals surface area (Å²) in [5.41, 5.74) is 2.57. The summed E-state index contributed by atoms with van der Waals surface area (Å²) in [4.78, 5) is 16.5. The molecule has 4 aromatic rings. The van der Waals surface area contributed by atoms with E-state index in [4.69, 9.17) is 4.42 Å². The lowest BCUT2D eigenvalue weighted by Crippen LogP contribution is -2.13. The van der Waals surface area contributed by atoms with Gasteiger partial charge in [-0.1, -0.05) is 30.3 Å². The SMILES string of the molecule is O=C(Nc1ccc2cn[nH]c2c1)c1ncoc1-c1ccccc1. The van der Waals surface area contributed by atoms with E-state index in [2.05, 4.69) is 20.5 Å². The van der Waals surface area contributed by atoms with E-state index in [0.29, 0.717) is 11.4 Å². The molecule has 0 fully saturated rings. The molecule has 0 bridgehead atoms. The normalized spacial score (nSPS) is 10.8. The molecule has 0 unspecified atom stereocenters. The van der Waals surface area contributed by atoms with E-state index in [1.165, 1.54) is 6.39 Å². The van der Waals surface area contributed by atoms with E-state index >= 15 is 0 Å². The number of nitrogens with zero attached hydrogens (tertiary/aromatic N) is 2. The van der Waals surface area contributed by atoms with Gasteiger partial charge >= 0.3 is 0 Å². The van der Waals surface area contributed by atoms with Gasteiger partial charge in [0.15, 0.2) is 17.8 Å². The fourth-order valence-corrected chi connectivity index (χ4v) is 2.41. The zero-order valence-electron chi connectivity index (χ0n) is 12.0. The zero-order valence-corrected chi connectivity index (χ0v) is 12.0. The van der Waals surface area contributed by atoms with Crippen molar-refractivity contribution in [1.82, 2.24) is 15.2 Å². The van der Waals surface area contributed by atoms with Crippen LogP contribution >= 0.6 is 0 Å². The van der Waals surface area contributed by atoms with Gasteiger partial charge in [0.1, 0.15) is 0 Å². The van der Waals surface area contributed by atoms with Gasteiger partial charge in [0.25, 0.3) is 5.91 Å². The number of oxazole rings is 1. The number of carbonyl (C=O) groups excluding carboxylic acids is 1. The molecule has 2 heterocycles. The van der Waals surface area contributed by atoms with Gasteiger partial charge in [-0.15, -0.1) is 0 Å². The minimum atomic E-state index is -0.323. The summed E-state index contributed by atoms with van der Waals surface area (Å²) in [5.74, 6) is 0.127. The molecule has 6 heteroatoms. The predicted octanol–water partition coefficient (Wildman–Crippen LogP) is 3.47. The molecular weight excluding hydrogens is 292 g/mol.